The molecule has 3 unspecified atom stereocenters. The Hall–Kier alpha value is -1.04. The van der Waals surface area contributed by atoms with E-state index in [0.717, 1.165) is 19.4 Å². The first-order valence-electron chi connectivity index (χ1n) is 6.84. The fraction of sp³-hybridized carbons (Fsp3) is 0.857. The summed E-state index contributed by atoms with van der Waals surface area (Å²) in [7, 11) is 0. The van der Waals surface area contributed by atoms with E-state index >= 15 is 0 Å². The summed E-state index contributed by atoms with van der Waals surface area (Å²) in [5, 5.41) is 9.23. The van der Waals surface area contributed by atoms with Gasteiger partial charge in [0.1, 0.15) is 5.41 Å². The zero-order chi connectivity index (χ0) is 12.5. The Labute approximate surface area is 104 Å². The molecule has 1 aliphatic heterocycles. The second kappa shape index (κ2) is 4.68. The summed E-state index contributed by atoms with van der Waals surface area (Å²) in [6, 6.07) is 2.64. The zero-order valence-electron chi connectivity index (χ0n) is 10.9. The molecule has 0 aromatic rings. The Morgan fingerprint density at radius 1 is 1.41 bits per heavy atom. The molecule has 0 spiro atoms. The lowest BCUT2D eigenvalue weighted by atomic mass is 9.84. The molecule has 1 saturated carbocycles. The van der Waals surface area contributed by atoms with Crippen molar-refractivity contribution >= 4 is 5.91 Å². The fourth-order valence-electron chi connectivity index (χ4n) is 3.30. The van der Waals surface area contributed by atoms with Gasteiger partial charge in [-0.1, -0.05) is 13.3 Å². The van der Waals surface area contributed by atoms with Gasteiger partial charge in [-0.3, -0.25) is 4.79 Å². The van der Waals surface area contributed by atoms with Crippen molar-refractivity contribution in [3.8, 4) is 6.07 Å². The van der Waals surface area contributed by atoms with Crippen LogP contribution in [0.25, 0.3) is 0 Å². The van der Waals surface area contributed by atoms with Crippen LogP contribution in [-0.4, -0.2) is 23.4 Å². The number of nitrogens with zero attached hydrogens (tertiary/aromatic N) is 2. The van der Waals surface area contributed by atoms with Crippen molar-refractivity contribution in [1.29, 1.82) is 5.26 Å². The van der Waals surface area contributed by atoms with Crippen molar-refractivity contribution in [2.75, 3.05) is 6.54 Å². The van der Waals surface area contributed by atoms with Gasteiger partial charge in [-0.15, -0.1) is 0 Å². The Morgan fingerprint density at radius 3 is 2.76 bits per heavy atom. The van der Waals surface area contributed by atoms with E-state index in [1.54, 1.807) is 6.92 Å². The van der Waals surface area contributed by atoms with Gasteiger partial charge < -0.3 is 4.90 Å². The third-order valence-corrected chi connectivity index (χ3v) is 4.68. The highest BCUT2D eigenvalue weighted by atomic mass is 16.2. The van der Waals surface area contributed by atoms with Crippen molar-refractivity contribution in [2.45, 2.75) is 58.4 Å². The number of amides is 1. The van der Waals surface area contributed by atoms with E-state index in [1.807, 2.05) is 11.8 Å². The van der Waals surface area contributed by atoms with Crippen LogP contribution in [0.5, 0.6) is 0 Å². The molecule has 0 bridgehead atoms. The van der Waals surface area contributed by atoms with Crippen molar-refractivity contribution in [1.82, 2.24) is 4.90 Å². The molecule has 3 atom stereocenters. The van der Waals surface area contributed by atoms with Crippen LogP contribution < -0.4 is 0 Å². The van der Waals surface area contributed by atoms with Crippen LogP contribution >= 0.6 is 0 Å². The molecule has 3 heteroatoms. The Bertz CT molecular complexity index is 347. The maximum atomic E-state index is 12.5. The lowest BCUT2D eigenvalue weighted by Crippen LogP contribution is -2.51. The lowest BCUT2D eigenvalue weighted by molar-refractivity contribution is -0.143. The normalized spacial score (nSPS) is 31.5. The summed E-state index contributed by atoms with van der Waals surface area (Å²) in [6.45, 7) is 4.57. The molecule has 2 rings (SSSR count). The molecule has 0 radical (unpaired) electrons. The zero-order valence-corrected chi connectivity index (χ0v) is 10.9. The van der Waals surface area contributed by atoms with Crippen LogP contribution in [0.1, 0.15) is 52.4 Å². The second-order valence-electron chi connectivity index (χ2n) is 5.70. The predicted octanol–water partition coefficient (Wildman–Crippen LogP) is 2.72. The van der Waals surface area contributed by atoms with E-state index in [4.69, 9.17) is 0 Å². The van der Waals surface area contributed by atoms with Gasteiger partial charge in [0.15, 0.2) is 0 Å². The minimum atomic E-state index is -0.815. The van der Waals surface area contributed by atoms with Crippen LogP contribution in [0.4, 0.5) is 0 Å². The van der Waals surface area contributed by atoms with Crippen LogP contribution in [0, 0.1) is 22.7 Å². The van der Waals surface area contributed by atoms with E-state index in [0.29, 0.717) is 18.4 Å². The lowest BCUT2D eigenvalue weighted by Gasteiger charge is -2.40. The van der Waals surface area contributed by atoms with E-state index in [-0.39, 0.29) is 5.91 Å². The largest absolute Gasteiger partial charge is 0.338 e. The van der Waals surface area contributed by atoms with E-state index < -0.39 is 5.41 Å². The molecule has 1 aliphatic carbocycles. The van der Waals surface area contributed by atoms with Gasteiger partial charge in [-0.25, -0.2) is 0 Å². The molecule has 0 N–H and O–H groups in total. The van der Waals surface area contributed by atoms with E-state index in [9.17, 15) is 10.1 Å². The number of nitriles is 1. The molecule has 3 nitrogen and oxygen atoms in total. The van der Waals surface area contributed by atoms with Crippen molar-refractivity contribution in [3.05, 3.63) is 0 Å². The van der Waals surface area contributed by atoms with E-state index in [1.165, 1.54) is 19.3 Å². The average molecular weight is 234 g/mol. The minimum Gasteiger partial charge on any atom is -0.338 e. The molecule has 1 heterocycles. The molecule has 94 valence electrons. The Kier molecular flexibility index (Phi) is 3.42. The van der Waals surface area contributed by atoms with Crippen molar-refractivity contribution in [2.24, 2.45) is 11.3 Å². The fourth-order valence-corrected chi connectivity index (χ4v) is 3.30. The molecule has 2 aliphatic rings. The third-order valence-electron chi connectivity index (χ3n) is 4.68. The van der Waals surface area contributed by atoms with Crippen LogP contribution in [-0.2, 0) is 4.79 Å². The number of carbonyl (C=O) groups is 1. The summed E-state index contributed by atoms with van der Waals surface area (Å²) >= 11 is 0. The quantitative estimate of drug-likeness (QED) is 0.737. The average Bonchev–Trinajstić information content (AvgIpc) is 2.85. The number of hydrogen-bond acceptors (Lipinski definition) is 2. The summed E-state index contributed by atoms with van der Waals surface area (Å²) in [4.78, 5) is 14.5. The summed E-state index contributed by atoms with van der Waals surface area (Å²) < 4.78 is 0. The van der Waals surface area contributed by atoms with Gasteiger partial charge >= 0.3 is 0 Å². The number of piperidine rings is 1. The molecule has 1 saturated heterocycles. The van der Waals surface area contributed by atoms with Crippen LogP contribution in [0.3, 0.4) is 0 Å². The van der Waals surface area contributed by atoms with Gasteiger partial charge in [-0.2, -0.15) is 5.26 Å². The van der Waals surface area contributed by atoms with Gasteiger partial charge in [0, 0.05) is 12.6 Å². The minimum absolute atomic E-state index is 0.0686. The monoisotopic (exact) mass is 234 g/mol. The van der Waals surface area contributed by atoms with Gasteiger partial charge in [0.25, 0.3) is 0 Å². The van der Waals surface area contributed by atoms with E-state index in [2.05, 4.69) is 6.07 Å². The topological polar surface area (TPSA) is 44.1 Å². The molecule has 2 fully saturated rings. The second-order valence-corrected chi connectivity index (χ2v) is 5.70. The maximum Gasteiger partial charge on any atom is 0.243 e. The number of likely N-dealkylation sites (tertiary alicyclic amines) is 1. The highest BCUT2D eigenvalue weighted by molar-refractivity contribution is 5.85. The summed E-state index contributed by atoms with van der Waals surface area (Å²) in [5.41, 5.74) is -0.815. The number of hydrogen-bond donors (Lipinski definition) is 0. The van der Waals surface area contributed by atoms with Gasteiger partial charge in [-0.05, 0) is 44.9 Å². The number of fused-ring (bicyclic) bond motifs is 1. The predicted molar refractivity (Wildman–Crippen MR) is 66.1 cm³/mol. The first-order chi connectivity index (χ1) is 8.12. The molecule has 1 amide bonds. The summed E-state index contributed by atoms with van der Waals surface area (Å²) in [6.07, 6.45) is 6.64. The Morgan fingerprint density at radius 2 is 2.12 bits per heavy atom. The molecule has 0 aromatic carbocycles. The van der Waals surface area contributed by atoms with Gasteiger partial charge in [0.05, 0.1) is 6.07 Å². The highest BCUT2D eigenvalue weighted by Gasteiger charge is 2.43. The van der Waals surface area contributed by atoms with Gasteiger partial charge in [0.2, 0.25) is 5.91 Å². The Balaban J connectivity index is 2.16. The van der Waals surface area contributed by atoms with Crippen molar-refractivity contribution in [3.63, 3.8) is 0 Å². The standard InChI is InChI=1S/C14H22N2O/c1-3-14(2,10-15)13(17)16-9-5-7-11-6-4-8-12(11)16/h11-12H,3-9H2,1-2H3. The number of carbonyl (C=O) groups excluding carboxylic acids is 1. The first kappa shape index (κ1) is 12.4. The first-order valence-corrected chi connectivity index (χ1v) is 6.84. The van der Waals surface area contributed by atoms with Crippen LogP contribution in [0.15, 0.2) is 0 Å². The molecular formula is C14H22N2O. The smallest absolute Gasteiger partial charge is 0.243 e. The SMILES string of the molecule is CCC(C)(C#N)C(=O)N1CCCC2CCCC21. The van der Waals surface area contributed by atoms with Crippen molar-refractivity contribution < 1.29 is 4.79 Å². The molecule has 0 aromatic heterocycles. The number of rotatable bonds is 2. The third kappa shape index (κ3) is 2.06. The highest BCUT2D eigenvalue weighted by Crippen LogP contribution is 2.39. The van der Waals surface area contributed by atoms with Crippen LogP contribution in [0.2, 0.25) is 0 Å². The summed E-state index contributed by atoms with van der Waals surface area (Å²) in [5.74, 6) is 0.770. The molecule has 17 heavy (non-hydrogen) atoms. The maximum absolute atomic E-state index is 12.5. The molecular weight excluding hydrogens is 212 g/mol.